The van der Waals surface area contributed by atoms with Crippen LogP contribution in [0.4, 0.5) is 24.7 Å². The molecule has 1 aromatic carbocycles. The monoisotopic (exact) mass is 394 g/mol. The Morgan fingerprint density at radius 3 is 2.61 bits per heavy atom. The number of halogens is 3. The third-order valence-electron chi connectivity index (χ3n) is 4.68. The molecule has 1 unspecified atom stereocenters. The van der Waals surface area contributed by atoms with Gasteiger partial charge in [-0.1, -0.05) is 6.58 Å². The highest BCUT2D eigenvalue weighted by Crippen LogP contribution is 2.34. The molecule has 0 saturated heterocycles. The van der Waals surface area contributed by atoms with E-state index in [0.29, 0.717) is 25.3 Å². The van der Waals surface area contributed by atoms with E-state index >= 15 is 0 Å². The summed E-state index contributed by atoms with van der Waals surface area (Å²) in [4.78, 5) is 15.4. The summed E-state index contributed by atoms with van der Waals surface area (Å²) in [7, 11) is 0. The van der Waals surface area contributed by atoms with Crippen LogP contribution in [0.5, 0.6) is 0 Å². The molecule has 1 amide bonds. The van der Waals surface area contributed by atoms with Gasteiger partial charge in [0.15, 0.2) is 0 Å². The third kappa shape index (κ3) is 4.19. The number of carbonyl (C=O) groups excluding carboxylic acids is 1. The molecule has 6 nitrogen and oxygen atoms in total. The average molecular weight is 394 g/mol. The highest BCUT2D eigenvalue weighted by atomic mass is 19.4. The lowest BCUT2D eigenvalue weighted by atomic mass is 10.0. The summed E-state index contributed by atoms with van der Waals surface area (Å²) in [6.45, 7) is 4.95. The predicted molar refractivity (Wildman–Crippen MR) is 98.0 cm³/mol. The number of benzene rings is 1. The Labute approximate surface area is 160 Å². The van der Waals surface area contributed by atoms with Crippen LogP contribution in [0.15, 0.2) is 49.2 Å². The van der Waals surface area contributed by atoms with Gasteiger partial charge in [0, 0.05) is 43.9 Å². The van der Waals surface area contributed by atoms with Crippen LogP contribution in [0, 0.1) is 5.92 Å². The number of fused-ring (bicyclic) bond motifs is 1. The van der Waals surface area contributed by atoms with Gasteiger partial charge in [0.2, 0.25) is 5.91 Å². The Kier molecular flexibility index (Phi) is 5.73. The molecule has 28 heavy (non-hydrogen) atoms. The van der Waals surface area contributed by atoms with Crippen molar-refractivity contribution in [3.63, 3.8) is 0 Å². The number of aromatic nitrogens is 2. The maximum absolute atomic E-state index is 12.8. The number of alkyl halides is 3. The molecule has 0 aliphatic carbocycles. The fourth-order valence-corrected chi connectivity index (χ4v) is 3.39. The van der Waals surface area contributed by atoms with Crippen molar-refractivity contribution >= 4 is 17.4 Å². The zero-order chi connectivity index (χ0) is 20.3. The van der Waals surface area contributed by atoms with Crippen molar-refractivity contribution in [1.29, 1.82) is 0 Å². The molecule has 2 aromatic rings. The molecule has 0 saturated carbocycles. The lowest BCUT2D eigenvalue weighted by Gasteiger charge is -2.37. The van der Waals surface area contributed by atoms with Crippen LogP contribution >= 0.6 is 0 Å². The second-order valence-electron chi connectivity index (χ2n) is 6.60. The van der Waals surface area contributed by atoms with E-state index in [1.54, 1.807) is 16.9 Å². The minimum Gasteiger partial charge on any atom is -0.395 e. The summed E-state index contributed by atoms with van der Waals surface area (Å²) in [6.07, 6.45) is -1.55. The van der Waals surface area contributed by atoms with E-state index in [2.05, 4.69) is 11.7 Å². The van der Waals surface area contributed by atoms with Crippen molar-refractivity contribution < 1.29 is 23.1 Å². The van der Waals surface area contributed by atoms with Crippen LogP contribution in [-0.4, -0.2) is 51.9 Å². The quantitative estimate of drug-likeness (QED) is 0.766. The van der Waals surface area contributed by atoms with Gasteiger partial charge >= 0.3 is 6.18 Å². The van der Waals surface area contributed by atoms with Crippen LogP contribution in [0.3, 0.4) is 0 Å². The largest absolute Gasteiger partial charge is 0.416 e. The molecule has 0 fully saturated rings. The van der Waals surface area contributed by atoms with Crippen molar-refractivity contribution in [3.05, 3.63) is 54.7 Å². The molecule has 9 heteroatoms. The fourth-order valence-electron chi connectivity index (χ4n) is 3.39. The number of anilines is 2. The zero-order valence-corrected chi connectivity index (χ0v) is 15.1. The van der Waals surface area contributed by atoms with Crippen molar-refractivity contribution in [3.8, 4) is 0 Å². The van der Waals surface area contributed by atoms with E-state index in [0.717, 1.165) is 18.0 Å². The topological polar surface area (TPSA) is 61.6 Å². The van der Waals surface area contributed by atoms with Gasteiger partial charge in [-0.15, -0.1) is 0 Å². The van der Waals surface area contributed by atoms with Gasteiger partial charge in [-0.25, -0.2) is 4.68 Å². The SMILES string of the molecule is C=CC(=O)N(CCO)CC1CN(c2ccc(C(F)(F)F)cc2)c2ccnn2C1. The average Bonchev–Trinajstić information content (AvgIpc) is 3.14. The summed E-state index contributed by atoms with van der Waals surface area (Å²) in [5, 5.41) is 13.5. The first-order valence-corrected chi connectivity index (χ1v) is 8.82. The molecule has 1 atom stereocenters. The number of rotatable bonds is 6. The van der Waals surface area contributed by atoms with E-state index < -0.39 is 11.7 Å². The molecule has 1 N–H and O–H groups in total. The maximum Gasteiger partial charge on any atom is 0.416 e. The van der Waals surface area contributed by atoms with Gasteiger partial charge in [-0.2, -0.15) is 18.3 Å². The summed E-state index contributed by atoms with van der Waals surface area (Å²) in [5.41, 5.74) is -0.0905. The standard InChI is InChI=1S/C19H21F3N4O2/c1-2-18(28)24(9-10-27)11-14-12-25(17-7-8-23-26(17)13-14)16-5-3-15(4-6-16)19(20,21)22/h2-8,14,27H,1,9-13H2. The number of carbonyl (C=O) groups is 1. The lowest BCUT2D eigenvalue weighted by Crippen LogP contribution is -2.44. The number of aliphatic hydroxyl groups is 1. The van der Waals surface area contributed by atoms with Gasteiger partial charge in [0.05, 0.1) is 18.4 Å². The molecular weight excluding hydrogens is 373 g/mol. The Bertz CT molecular complexity index is 832. The van der Waals surface area contributed by atoms with E-state index in [4.69, 9.17) is 0 Å². The second kappa shape index (κ2) is 8.05. The number of hydrogen-bond acceptors (Lipinski definition) is 4. The minimum atomic E-state index is -4.39. The summed E-state index contributed by atoms with van der Waals surface area (Å²) < 4.78 is 40.3. The van der Waals surface area contributed by atoms with E-state index in [1.165, 1.54) is 23.1 Å². The summed E-state index contributed by atoms with van der Waals surface area (Å²) in [6, 6.07) is 6.78. The molecule has 150 valence electrons. The molecule has 0 radical (unpaired) electrons. The first kappa shape index (κ1) is 19.9. The van der Waals surface area contributed by atoms with Gasteiger partial charge in [-0.3, -0.25) is 4.79 Å². The minimum absolute atomic E-state index is 0.0230. The van der Waals surface area contributed by atoms with Crippen LogP contribution in [0.2, 0.25) is 0 Å². The van der Waals surface area contributed by atoms with E-state index in [-0.39, 0.29) is 25.0 Å². The van der Waals surface area contributed by atoms with Crippen molar-refractivity contribution in [2.75, 3.05) is 31.1 Å². The second-order valence-corrected chi connectivity index (χ2v) is 6.60. The van der Waals surface area contributed by atoms with Gasteiger partial charge in [0.1, 0.15) is 5.82 Å². The van der Waals surface area contributed by atoms with Crippen molar-refractivity contribution in [2.45, 2.75) is 12.7 Å². The Morgan fingerprint density at radius 2 is 2.00 bits per heavy atom. The van der Waals surface area contributed by atoms with Crippen LogP contribution in [0.1, 0.15) is 5.56 Å². The third-order valence-corrected chi connectivity index (χ3v) is 4.68. The molecule has 0 bridgehead atoms. The van der Waals surface area contributed by atoms with Gasteiger partial charge in [-0.05, 0) is 30.3 Å². The van der Waals surface area contributed by atoms with Crippen molar-refractivity contribution in [2.24, 2.45) is 5.92 Å². The molecule has 3 rings (SSSR count). The van der Waals surface area contributed by atoms with Crippen LogP contribution in [0.25, 0.3) is 0 Å². The Morgan fingerprint density at radius 1 is 1.29 bits per heavy atom. The number of aliphatic hydroxyl groups excluding tert-OH is 1. The maximum atomic E-state index is 12.8. The summed E-state index contributed by atoms with van der Waals surface area (Å²) >= 11 is 0. The first-order chi connectivity index (χ1) is 13.3. The normalized spacial score (nSPS) is 16.6. The van der Waals surface area contributed by atoms with E-state index in [9.17, 15) is 23.1 Å². The van der Waals surface area contributed by atoms with Crippen molar-refractivity contribution in [1.82, 2.24) is 14.7 Å². The number of hydrogen-bond donors (Lipinski definition) is 1. The fraction of sp³-hybridized carbons (Fsp3) is 0.368. The highest BCUT2D eigenvalue weighted by molar-refractivity contribution is 5.87. The Hall–Kier alpha value is -2.81. The van der Waals surface area contributed by atoms with Gasteiger partial charge < -0.3 is 14.9 Å². The molecular formula is C19H21F3N4O2. The lowest BCUT2D eigenvalue weighted by molar-refractivity contribution is -0.137. The van der Waals surface area contributed by atoms with Crippen LogP contribution in [-0.2, 0) is 17.5 Å². The number of nitrogens with zero attached hydrogens (tertiary/aromatic N) is 4. The Balaban J connectivity index is 1.84. The first-order valence-electron chi connectivity index (χ1n) is 8.82. The molecule has 0 spiro atoms. The van der Waals surface area contributed by atoms with E-state index in [1.807, 2.05) is 4.90 Å². The van der Waals surface area contributed by atoms with Crippen LogP contribution < -0.4 is 4.90 Å². The van der Waals surface area contributed by atoms with Gasteiger partial charge in [0.25, 0.3) is 0 Å². The molecule has 1 aliphatic heterocycles. The molecule has 1 aliphatic rings. The predicted octanol–water partition coefficient (Wildman–Crippen LogP) is 2.68. The number of amides is 1. The summed E-state index contributed by atoms with van der Waals surface area (Å²) in [5.74, 6) is 0.478. The zero-order valence-electron chi connectivity index (χ0n) is 15.1. The molecule has 2 heterocycles. The smallest absolute Gasteiger partial charge is 0.395 e. The highest BCUT2D eigenvalue weighted by Gasteiger charge is 2.32. The molecule has 1 aromatic heterocycles.